The van der Waals surface area contributed by atoms with Crippen LogP contribution in [-0.4, -0.2) is 11.4 Å². The molecule has 1 aromatic rings. The molecule has 0 radical (unpaired) electrons. The number of aromatic nitrogens is 1. The standard InChI is InChI=1S/C8H12INOS/c1-5-8(6(2)12-3)7(4-9)11-10-5/h6H,4H2,1-3H3. The third-order valence-corrected chi connectivity index (χ3v) is 3.50. The minimum absolute atomic E-state index is 0.487. The van der Waals surface area contributed by atoms with Crippen LogP contribution in [0, 0.1) is 6.92 Å². The van der Waals surface area contributed by atoms with E-state index in [0.29, 0.717) is 5.25 Å². The highest BCUT2D eigenvalue weighted by Gasteiger charge is 2.16. The number of hydrogen-bond acceptors (Lipinski definition) is 3. The molecule has 0 aliphatic rings. The van der Waals surface area contributed by atoms with E-state index < -0.39 is 0 Å². The molecule has 1 aromatic heterocycles. The first-order valence-electron chi connectivity index (χ1n) is 3.74. The van der Waals surface area contributed by atoms with Gasteiger partial charge < -0.3 is 4.52 Å². The summed E-state index contributed by atoms with van der Waals surface area (Å²) in [5, 5.41) is 4.45. The van der Waals surface area contributed by atoms with Crippen molar-refractivity contribution in [3.63, 3.8) is 0 Å². The zero-order valence-corrected chi connectivity index (χ0v) is 10.4. The summed E-state index contributed by atoms with van der Waals surface area (Å²) in [7, 11) is 0. The van der Waals surface area contributed by atoms with Gasteiger partial charge in [-0.25, -0.2) is 0 Å². The lowest BCUT2D eigenvalue weighted by Gasteiger charge is -2.06. The highest BCUT2D eigenvalue weighted by molar-refractivity contribution is 14.1. The molecule has 12 heavy (non-hydrogen) atoms. The maximum Gasteiger partial charge on any atom is 0.151 e. The molecular formula is C8H12INOS. The molecule has 0 bridgehead atoms. The maximum atomic E-state index is 5.20. The molecule has 0 aliphatic heterocycles. The molecule has 0 saturated carbocycles. The molecule has 1 unspecified atom stereocenters. The van der Waals surface area contributed by atoms with E-state index in [1.807, 2.05) is 18.7 Å². The maximum absolute atomic E-state index is 5.20. The van der Waals surface area contributed by atoms with Gasteiger partial charge >= 0.3 is 0 Å². The molecule has 1 rings (SSSR count). The van der Waals surface area contributed by atoms with Gasteiger partial charge in [-0.3, -0.25) is 0 Å². The van der Waals surface area contributed by atoms with Gasteiger partial charge in [-0.05, 0) is 20.1 Å². The van der Waals surface area contributed by atoms with Gasteiger partial charge in [0.05, 0.1) is 10.1 Å². The van der Waals surface area contributed by atoms with E-state index in [9.17, 15) is 0 Å². The van der Waals surface area contributed by atoms with E-state index in [0.717, 1.165) is 15.9 Å². The molecular weight excluding hydrogens is 285 g/mol. The number of rotatable bonds is 3. The van der Waals surface area contributed by atoms with E-state index in [-0.39, 0.29) is 0 Å². The Hall–Kier alpha value is 0.290. The van der Waals surface area contributed by atoms with Crippen LogP contribution in [0.1, 0.15) is 29.2 Å². The number of halogens is 1. The van der Waals surface area contributed by atoms with Crippen LogP contribution in [0.3, 0.4) is 0 Å². The monoisotopic (exact) mass is 297 g/mol. The van der Waals surface area contributed by atoms with Crippen LogP contribution in [0.2, 0.25) is 0 Å². The summed E-state index contributed by atoms with van der Waals surface area (Å²) in [5.74, 6) is 1.02. The van der Waals surface area contributed by atoms with Crippen molar-refractivity contribution in [3.05, 3.63) is 17.0 Å². The predicted molar refractivity (Wildman–Crippen MR) is 60.9 cm³/mol. The van der Waals surface area contributed by atoms with E-state index >= 15 is 0 Å². The first-order chi connectivity index (χ1) is 5.70. The molecule has 1 atom stereocenters. The lowest BCUT2D eigenvalue weighted by Crippen LogP contribution is -1.92. The van der Waals surface area contributed by atoms with E-state index in [1.165, 1.54) is 5.56 Å². The molecule has 0 fully saturated rings. The van der Waals surface area contributed by atoms with Crippen LogP contribution in [0.5, 0.6) is 0 Å². The molecule has 1 heterocycles. The molecule has 0 spiro atoms. The Morgan fingerprint density at radius 3 is 2.83 bits per heavy atom. The van der Waals surface area contributed by atoms with Gasteiger partial charge in [0, 0.05) is 10.8 Å². The fourth-order valence-electron chi connectivity index (χ4n) is 1.16. The van der Waals surface area contributed by atoms with Gasteiger partial charge in [-0.2, -0.15) is 11.8 Å². The Bertz CT molecular complexity index is 262. The van der Waals surface area contributed by atoms with E-state index in [1.54, 1.807) is 0 Å². The summed E-state index contributed by atoms with van der Waals surface area (Å²) in [6.45, 7) is 4.18. The minimum atomic E-state index is 0.487. The Balaban J connectivity index is 3.01. The Kier molecular flexibility index (Phi) is 3.89. The molecule has 68 valence electrons. The van der Waals surface area contributed by atoms with Crippen LogP contribution < -0.4 is 0 Å². The fraction of sp³-hybridized carbons (Fsp3) is 0.625. The van der Waals surface area contributed by atoms with Crippen molar-refractivity contribution in [2.45, 2.75) is 23.5 Å². The number of nitrogens with zero attached hydrogens (tertiary/aromatic N) is 1. The highest BCUT2D eigenvalue weighted by atomic mass is 127. The quantitative estimate of drug-likeness (QED) is 0.632. The van der Waals surface area contributed by atoms with Gasteiger partial charge in [0.25, 0.3) is 0 Å². The number of hydrogen-bond donors (Lipinski definition) is 0. The van der Waals surface area contributed by atoms with Gasteiger partial charge in [0.1, 0.15) is 0 Å². The lowest BCUT2D eigenvalue weighted by molar-refractivity contribution is 0.391. The second-order valence-corrected chi connectivity index (χ2v) is 4.56. The lowest BCUT2D eigenvalue weighted by atomic mass is 10.1. The Labute approximate surface area is 90.6 Å². The smallest absolute Gasteiger partial charge is 0.151 e. The Morgan fingerprint density at radius 2 is 2.33 bits per heavy atom. The van der Waals surface area contributed by atoms with Crippen LogP contribution in [0.25, 0.3) is 0 Å². The van der Waals surface area contributed by atoms with Crippen LogP contribution in [-0.2, 0) is 4.43 Å². The third kappa shape index (κ3) is 1.96. The van der Waals surface area contributed by atoms with Crippen molar-refractivity contribution in [3.8, 4) is 0 Å². The van der Waals surface area contributed by atoms with Crippen LogP contribution in [0.15, 0.2) is 4.52 Å². The second kappa shape index (κ2) is 4.50. The molecule has 2 nitrogen and oxygen atoms in total. The molecule has 0 amide bonds. The van der Waals surface area contributed by atoms with Crippen LogP contribution in [0.4, 0.5) is 0 Å². The second-order valence-electron chi connectivity index (χ2n) is 2.62. The molecule has 0 N–H and O–H groups in total. The van der Waals surface area contributed by atoms with Gasteiger partial charge in [-0.15, -0.1) is 0 Å². The summed E-state index contributed by atoms with van der Waals surface area (Å²) >= 11 is 4.12. The average molecular weight is 297 g/mol. The molecule has 0 aliphatic carbocycles. The largest absolute Gasteiger partial charge is 0.360 e. The summed E-state index contributed by atoms with van der Waals surface area (Å²) in [6.07, 6.45) is 2.11. The van der Waals surface area contributed by atoms with Gasteiger partial charge in [0.2, 0.25) is 0 Å². The fourth-order valence-corrected chi connectivity index (χ4v) is 2.25. The van der Waals surface area contributed by atoms with Crippen molar-refractivity contribution in [2.75, 3.05) is 6.26 Å². The van der Waals surface area contributed by atoms with Crippen molar-refractivity contribution >= 4 is 34.4 Å². The number of alkyl halides is 1. The summed E-state index contributed by atoms with van der Waals surface area (Å²) in [4.78, 5) is 0. The molecule has 0 saturated heterocycles. The molecule has 4 heteroatoms. The topological polar surface area (TPSA) is 26.0 Å². The highest BCUT2D eigenvalue weighted by Crippen LogP contribution is 2.31. The number of aryl methyl sites for hydroxylation is 1. The van der Waals surface area contributed by atoms with Crippen molar-refractivity contribution in [1.82, 2.24) is 5.16 Å². The van der Waals surface area contributed by atoms with Crippen molar-refractivity contribution < 1.29 is 4.52 Å². The number of thioether (sulfide) groups is 1. The Morgan fingerprint density at radius 1 is 1.67 bits per heavy atom. The zero-order chi connectivity index (χ0) is 9.14. The van der Waals surface area contributed by atoms with E-state index in [2.05, 4.69) is 40.9 Å². The van der Waals surface area contributed by atoms with Crippen molar-refractivity contribution in [1.29, 1.82) is 0 Å². The molecule has 0 aromatic carbocycles. The first kappa shape index (κ1) is 10.4. The van der Waals surface area contributed by atoms with Crippen molar-refractivity contribution in [2.24, 2.45) is 0 Å². The third-order valence-electron chi connectivity index (χ3n) is 1.86. The summed E-state index contributed by atoms with van der Waals surface area (Å²) in [6, 6.07) is 0. The average Bonchev–Trinajstić information content (AvgIpc) is 2.45. The summed E-state index contributed by atoms with van der Waals surface area (Å²) < 4.78 is 6.10. The van der Waals surface area contributed by atoms with Gasteiger partial charge in [0.15, 0.2) is 5.76 Å². The normalized spacial score (nSPS) is 13.3. The zero-order valence-electron chi connectivity index (χ0n) is 7.43. The summed E-state index contributed by atoms with van der Waals surface area (Å²) in [5.41, 5.74) is 2.31. The SMILES string of the molecule is CSC(C)c1c(C)noc1CI. The predicted octanol–water partition coefficient (Wildman–Crippen LogP) is 3.34. The minimum Gasteiger partial charge on any atom is -0.360 e. The van der Waals surface area contributed by atoms with Crippen LogP contribution >= 0.6 is 34.4 Å². The van der Waals surface area contributed by atoms with Gasteiger partial charge in [-0.1, -0.05) is 27.7 Å². The van der Waals surface area contributed by atoms with E-state index in [4.69, 9.17) is 4.52 Å². The first-order valence-corrected chi connectivity index (χ1v) is 6.55.